The van der Waals surface area contributed by atoms with E-state index in [1.54, 1.807) is 23.9 Å². The van der Waals surface area contributed by atoms with Crippen molar-refractivity contribution in [1.29, 1.82) is 0 Å². The third-order valence-corrected chi connectivity index (χ3v) is 3.59. The summed E-state index contributed by atoms with van der Waals surface area (Å²) >= 11 is 11.2. The van der Waals surface area contributed by atoms with Crippen LogP contribution in [0.4, 0.5) is 14.5 Å². The van der Waals surface area contributed by atoms with Gasteiger partial charge in [-0.15, -0.1) is 0 Å². The second kappa shape index (κ2) is 7.56. The van der Waals surface area contributed by atoms with Gasteiger partial charge in [-0.1, -0.05) is 17.7 Å². The number of alkyl halides is 2. The molecule has 1 aromatic heterocycles. The highest BCUT2D eigenvalue weighted by Gasteiger charge is 2.12. The van der Waals surface area contributed by atoms with Crippen LogP contribution < -0.4 is 15.4 Å². The molecule has 0 fully saturated rings. The lowest BCUT2D eigenvalue weighted by molar-refractivity contribution is -0.0493. The Hall–Kier alpha value is -1.93. The van der Waals surface area contributed by atoms with Gasteiger partial charge in [0.1, 0.15) is 5.75 Å². The molecule has 0 unspecified atom stereocenters. The Labute approximate surface area is 142 Å². The van der Waals surface area contributed by atoms with Gasteiger partial charge in [-0.3, -0.25) is 4.68 Å². The first-order valence-corrected chi connectivity index (χ1v) is 7.42. The molecule has 9 heteroatoms. The van der Waals surface area contributed by atoms with Gasteiger partial charge in [-0.05, 0) is 36.8 Å². The molecule has 5 nitrogen and oxygen atoms in total. The number of hydrogen-bond acceptors (Lipinski definition) is 3. The number of halogens is 3. The molecular weight excluding hydrogens is 346 g/mol. The quantitative estimate of drug-likeness (QED) is 0.800. The first kappa shape index (κ1) is 17.4. The van der Waals surface area contributed by atoms with Crippen molar-refractivity contribution >= 4 is 34.6 Å². The van der Waals surface area contributed by atoms with Crippen LogP contribution in [0.3, 0.4) is 0 Å². The van der Waals surface area contributed by atoms with Crippen molar-refractivity contribution in [2.24, 2.45) is 7.05 Å². The van der Waals surface area contributed by atoms with E-state index in [0.717, 1.165) is 11.3 Å². The maximum Gasteiger partial charge on any atom is 0.387 e. The minimum atomic E-state index is -2.91. The maximum absolute atomic E-state index is 12.4. The lowest BCUT2D eigenvalue weighted by Crippen LogP contribution is -2.29. The highest BCUT2D eigenvalue weighted by atomic mass is 35.5. The standard InChI is InChI=1S/C14H15ClF2N4OS/c1-8-3-4-12(22-13(16)17)10(5-8)20-14(23)18-7-11-9(15)6-19-21(11)2/h3-6,13H,7H2,1-2H3,(H2,18,20,23). The van der Waals surface area contributed by atoms with Crippen molar-refractivity contribution in [3.8, 4) is 5.75 Å². The molecule has 0 aliphatic heterocycles. The fourth-order valence-corrected chi connectivity index (χ4v) is 2.32. The average Bonchev–Trinajstić information content (AvgIpc) is 2.78. The van der Waals surface area contributed by atoms with Gasteiger partial charge in [0.2, 0.25) is 0 Å². The molecule has 2 rings (SSSR count). The third kappa shape index (κ3) is 4.77. The van der Waals surface area contributed by atoms with Crippen molar-refractivity contribution in [3.63, 3.8) is 0 Å². The Kier molecular flexibility index (Phi) is 5.73. The van der Waals surface area contributed by atoms with Crippen molar-refractivity contribution in [2.45, 2.75) is 20.1 Å². The third-order valence-electron chi connectivity index (χ3n) is 3.03. The molecular formula is C14H15ClF2N4OS. The van der Waals surface area contributed by atoms with Crippen LogP contribution in [0.2, 0.25) is 5.02 Å². The van der Waals surface area contributed by atoms with Crippen molar-refractivity contribution in [3.05, 3.63) is 40.7 Å². The molecule has 0 saturated carbocycles. The zero-order valence-electron chi connectivity index (χ0n) is 12.4. The molecule has 0 spiro atoms. The fourth-order valence-electron chi connectivity index (χ4n) is 1.91. The van der Waals surface area contributed by atoms with Crippen LogP contribution in [-0.2, 0) is 13.6 Å². The van der Waals surface area contributed by atoms with Gasteiger partial charge in [0.05, 0.1) is 29.1 Å². The summed E-state index contributed by atoms with van der Waals surface area (Å²) in [6.45, 7) is -0.727. The fraction of sp³-hybridized carbons (Fsp3) is 0.286. The van der Waals surface area contributed by atoms with Gasteiger partial charge in [0, 0.05) is 7.05 Å². The molecule has 0 radical (unpaired) electrons. The zero-order valence-corrected chi connectivity index (χ0v) is 14.0. The summed E-state index contributed by atoms with van der Waals surface area (Å²) in [5.74, 6) is 0.0216. The minimum absolute atomic E-state index is 0.0216. The smallest absolute Gasteiger partial charge is 0.387 e. The Bertz CT molecular complexity index is 689. The topological polar surface area (TPSA) is 51.1 Å². The van der Waals surface area contributed by atoms with Gasteiger partial charge in [0.25, 0.3) is 0 Å². The Morgan fingerprint density at radius 3 is 2.83 bits per heavy atom. The van der Waals surface area contributed by atoms with Crippen LogP contribution in [0.15, 0.2) is 24.4 Å². The molecule has 23 heavy (non-hydrogen) atoms. The van der Waals surface area contributed by atoms with Gasteiger partial charge in [-0.25, -0.2) is 0 Å². The second-order valence-electron chi connectivity index (χ2n) is 4.75. The van der Waals surface area contributed by atoms with Crippen molar-refractivity contribution in [1.82, 2.24) is 15.1 Å². The van der Waals surface area contributed by atoms with Crippen molar-refractivity contribution in [2.75, 3.05) is 5.32 Å². The maximum atomic E-state index is 12.4. The molecule has 2 N–H and O–H groups in total. The van der Waals surface area contributed by atoms with Crippen molar-refractivity contribution < 1.29 is 13.5 Å². The minimum Gasteiger partial charge on any atom is -0.433 e. The van der Waals surface area contributed by atoms with E-state index >= 15 is 0 Å². The van der Waals surface area contributed by atoms with E-state index < -0.39 is 6.61 Å². The molecule has 0 saturated heterocycles. The summed E-state index contributed by atoms with van der Waals surface area (Å²) in [5, 5.41) is 10.6. The molecule has 0 atom stereocenters. The van der Waals surface area contributed by atoms with E-state index in [4.69, 9.17) is 23.8 Å². The monoisotopic (exact) mass is 360 g/mol. The SMILES string of the molecule is Cc1ccc(OC(F)F)c(NC(=S)NCc2c(Cl)cnn2C)c1. The summed E-state index contributed by atoms with van der Waals surface area (Å²) in [7, 11) is 1.76. The zero-order chi connectivity index (χ0) is 17.0. The van der Waals surface area contributed by atoms with E-state index in [1.807, 2.05) is 6.92 Å². The summed E-state index contributed by atoms with van der Waals surface area (Å²) in [4.78, 5) is 0. The largest absolute Gasteiger partial charge is 0.433 e. The Morgan fingerprint density at radius 2 is 2.22 bits per heavy atom. The number of rotatable bonds is 5. The van der Waals surface area contributed by atoms with E-state index in [2.05, 4.69) is 20.5 Å². The Balaban J connectivity index is 2.03. The first-order chi connectivity index (χ1) is 10.9. The average molecular weight is 361 g/mol. The van der Waals surface area contributed by atoms with E-state index in [1.165, 1.54) is 12.3 Å². The molecule has 0 aliphatic rings. The molecule has 2 aromatic rings. The Morgan fingerprint density at radius 1 is 1.48 bits per heavy atom. The molecule has 124 valence electrons. The normalized spacial score (nSPS) is 10.7. The van der Waals surface area contributed by atoms with Gasteiger partial charge in [0.15, 0.2) is 5.11 Å². The van der Waals surface area contributed by atoms with Crippen LogP contribution in [0.5, 0.6) is 5.75 Å². The summed E-state index contributed by atoms with van der Waals surface area (Å²) in [6, 6.07) is 4.81. The summed E-state index contributed by atoms with van der Waals surface area (Å²) < 4.78 is 31.0. The first-order valence-electron chi connectivity index (χ1n) is 6.63. The van der Waals surface area contributed by atoms with E-state index in [0.29, 0.717) is 17.3 Å². The summed E-state index contributed by atoms with van der Waals surface area (Å²) in [6.07, 6.45) is 1.53. The van der Waals surface area contributed by atoms with E-state index in [-0.39, 0.29) is 10.9 Å². The predicted octanol–water partition coefficient (Wildman–Crippen LogP) is 3.47. The highest BCUT2D eigenvalue weighted by molar-refractivity contribution is 7.80. The second-order valence-corrected chi connectivity index (χ2v) is 5.56. The number of anilines is 1. The van der Waals surface area contributed by atoms with E-state index in [9.17, 15) is 8.78 Å². The van der Waals surface area contributed by atoms with Gasteiger partial charge in [-0.2, -0.15) is 13.9 Å². The molecule has 1 heterocycles. The highest BCUT2D eigenvalue weighted by Crippen LogP contribution is 2.27. The van der Waals surface area contributed by atoms with Crippen LogP contribution in [0.25, 0.3) is 0 Å². The number of thiocarbonyl (C=S) groups is 1. The number of aromatic nitrogens is 2. The number of benzene rings is 1. The molecule has 0 bridgehead atoms. The van der Waals surface area contributed by atoms with Crippen LogP contribution in [0, 0.1) is 6.92 Å². The number of ether oxygens (including phenoxy) is 1. The molecule has 0 aliphatic carbocycles. The number of nitrogens with zero attached hydrogens (tertiary/aromatic N) is 2. The summed E-state index contributed by atoms with van der Waals surface area (Å²) in [5.41, 5.74) is 2.00. The van der Waals surface area contributed by atoms with Crippen LogP contribution >= 0.6 is 23.8 Å². The lowest BCUT2D eigenvalue weighted by Gasteiger charge is -2.15. The van der Waals surface area contributed by atoms with Crippen LogP contribution in [-0.4, -0.2) is 21.5 Å². The van der Waals surface area contributed by atoms with Gasteiger partial charge >= 0.3 is 6.61 Å². The number of hydrogen-bond donors (Lipinski definition) is 2. The number of aryl methyl sites for hydroxylation is 2. The lowest BCUT2D eigenvalue weighted by atomic mass is 10.2. The molecule has 0 amide bonds. The van der Waals surface area contributed by atoms with Gasteiger partial charge < -0.3 is 15.4 Å². The predicted molar refractivity (Wildman–Crippen MR) is 89.1 cm³/mol. The van der Waals surface area contributed by atoms with Crippen LogP contribution in [0.1, 0.15) is 11.3 Å². The molecule has 1 aromatic carbocycles. The number of nitrogens with one attached hydrogen (secondary N) is 2.